The van der Waals surface area contributed by atoms with Gasteiger partial charge in [0.25, 0.3) is 0 Å². The van der Waals surface area contributed by atoms with Crippen molar-refractivity contribution in [2.45, 2.75) is 57.8 Å². The maximum atomic E-state index is 9.98. The highest BCUT2D eigenvalue weighted by molar-refractivity contribution is 6.08. The summed E-state index contributed by atoms with van der Waals surface area (Å²) in [5, 5.41) is 28.2. The zero-order valence-electron chi connectivity index (χ0n) is 19.1. The van der Waals surface area contributed by atoms with Crippen LogP contribution in [0.25, 0.3) is 5.57 Å². The highest BCUT2D eigenvalue weighted by Gasteiger charge is 2.44. The Morgan fingerprint density at radius 2 is 1.66 bits per heavy atom. The molecule has 0 saturated heterocycles. The van der Waals surface area contributed by atoms with Gasteiger partial charge in [-0.3, -0.25) is 0 Å². The lowest BCUT2D eigenvalue weighted by Gasteiger charge is -2.16. The normalized spacial score (nSPS) is 14.6. The molecule has 160 valence electrons. The number of nitrogens with zero attached hydrogens (tertiary/aromatic N) is 4. The van der Waals surface area contributed by atoms with Crippen LogP contribution >= 0.6 is 0 Å². The van der Waals surface area contributed by atoms with Gasteiger partial charge in [-0.1, -0.05) is 62.2 Å². The number of allylic oxidation sites excluding steroid dienone is 2. The largest absolute Gasteiger partial charge is 0.209 e. The van der Waals surface area contributed by atoms with Gasteiger partial charge in [0.2, 0.25) is 5.69 Å². The Bertz CT molecular complexity index is 1150. The molecule has 0 bridgehead atoms. The number of rotatable bonds is 8. The molecule has 0 N–H and O–H groups in total. The van der Waals surface area contributed by atoms with Crippen LogP contribution in [0.4, 0.5) is 5.69 Å². The number of fused-ring (bicyclic) bond motifs is 1. The number of para-hydroxylation sites is 1. The van der Waals surface area contributed by atoms with E-state index in [4.69, 9.17) is 10.5 Å². The van der Waals surface area contributed by atoms with Gasteiger partial charge in [0, 0.05) is 24.1 Å². The van der Waals surface area contributed by atoms with Gasteiger partial charge in [-0.2, -0.15) is 20.4 Å². The minimum atomic E-state index is -0.796. The van der Waals surface area contributed by atoms with Gasteiger partial charge in [0.05, 0.1) is 29.2 Å². The highest BCUT2D eigenvalue weighted by atomic mass is 15.1. The summed E-state index contributed by atoms with van der Waals surface area (Å²) in [6.45, 7) is 7.57. The van der Waals surface area contributed by atoms with E-state index in [2.05, 4.69) is 55.7 Å². The van der Waals surface area contributed by atoms with Gasteiger partial charge >= 0.3 is 0 Å². The third-order valence-electron chi connectivity index (χ3n) is 6.25. The van der Waals surface area contributed by atoms with Crippen LogP contribution in [0.15, 0.2) is 54.6 Å². The van der Waals surface area contributed by atoms with E-state index < -0.39 is 5.92 Å². The summed E-state index contributed by atoms with van der Waals surface area (Å²) in [5.41, 5.74) is 5.43. The topological polar surface area (TPSA) is 74.4 Å². The average Bonchev–Trinajstić information content (AvgIpc) is 3.02. The molecule has 0 amide bonds. The van der Waals surface area contributed by atoms with E-state index in [1.807, 2.05) is 30.3 Å². The van der Waals surface area contributed by atoms with Crippen molar-refractivity contribution in [2.24, 2.45) is 0 Å². The third-order valence-corrected chi connectivity index (χ3v) is 6.25. The zero-order chi connectivity index (χ0) is 23.1. The molecule has 0 spiro atoms. The number of hydrogen-bond acceptors (Lipinski definition) is 3. The molecule has 1 heterocycles. The minimum Gasteiger partial charge on any atom is -0.196 e. The van der Waals surface area contributed by atoms with E-state index in [9.17, 15) is 5.26 Å². The lowest BCUT2D eigenvalue weighted by Crippen LogP contribution is -2.28. The maximum absolute atomic E-state index is 9.98. The summed E-state index contributed by atoms with van der Waals surface area (Å²) >= 11 is 0. The number of hydrogen-bond donors (Lipinski definition) is 0. The Balaban J connectivity index is 2.04. The predicted octanol–water partition coefficient (Wildman–Crippen LogP) is 6.38. The second kappa shape index (κ2) is 10.1. The fraction of sp³-hybridized carbons (Fsp3) is 0.357. The summed E-state index contributed by atoms with van der Waals surface area (Å²) in [7, 11) is 0. The molecule has 4 heteroatoms. The molecular weight excluding hydrogens is 392 g/mol. The fourth-order valence-corrected chi connectivity index (χ4v) is 4.39. The molecule has 0 aromatic heterocycles. The second-order valence-corrected chi connectivity index (χ2v) is 8.72. The van der Waals surface area contributed by atoms with Crippen molar-refractivity contribution in [1.82, 2.24) is 0 Å². The smallest absolute Gasteiger partial charge is 0.196 e. The van der Waals surface area contributed by atoms with Crippen LogP contribution in [0.5, 0.6) is 0 Å². The number of benzene rings is 2. The quantitative estimate of drug-likeness (QED) is 0.282. The molecule has 1 aliphatic rings. The molecule has 0 unspecified atom stereocenters. The van der Waals surface area contributed by atoms with Crippen LogP contribution in [-0.2, 0) is 5.41 Å². The first-order chi connectivity index (χ1) is 15.5. The van der Waals surface area contributed by atoms with Crippen LogP contribution in [0.3, 0.4) is 0 Å². The molecule has 3 rings (SSSR count). The van der Waals surface area contributed by atoms with Crippen LogP contribution in [0.1, 0.15) is 69.1 Å². The van der Waals surface area contributed by atoms with Crippen molar-refractivity contribution >= 4 is 17.0 Å². The van der Waals surface area contributed by atoms with Crippen molar-refractivity contribution in [2.75, 3.05) is 6.54 Å². The summed E-state index contributed by atoms with van der Waals surface area (Å²) in [5.74, 6) is -0.796. The molecule has 4 nitrogen and oxygen atoms in total. The van der Waals surface area contributed by atoms with Crippen LogP contribution < -0.4 is 0 Å². The van der Waals surface area contributed by atoms with Gasteiger partial charge in [0.1, 0.15) is 6.54 Å². The predicted molar refractivity (Wildman–Crippen MR) is 127 cm³/mol. The third kappa shape index (κ3) is 4.49. The second-order valence-electron chi connectivity index (χ2n) is 8.72. The van der Waals surface area contributed by atoms with Crippen molar-refractivity contribution in [3.05, 3.63) is 71.3 Å². The molecule has 0 radical (unpaired) electrons. The fourth-order valence-electron chi connectivity index (χ4n) is 4.39. The summed E-state index contributed by atoms with van der Waals surface area (Å²) in [6, 6.07) is 22.0. The standard InChI is InChI=1S/C28H29N4/c1-4-5-6-9-16-32-26-11-8-7-10-25(26)28(2,3)27(32)17-23(18-29)21-12-14-22(15-13-21)24(19-30)20-31/h7-8,10-15,17,24H,4-6,9,16H2,1-3H3/q+1/b23-17+. The summed E-state index contributed by atoms with van der Waals surface area (Å²) in [6.07, 6.45) is 6.74. The monoisotopic (exact) mass is 421 g/mol. The molecule has 32 heavy (non-hydrogen) atoms. The Labute approximate surface area is 191 Å². The first kappa shape index (κ1) is 23.0. The number of unbranched alkanes of at least 4 members (excludes halogenated alkanes) is 3. The van der Waals surface area contributed by atoms with Gasteiger partial charge in [-0.15, -0.1) is 0 Å². The Morgan fingerprint density at radius 1 is 0.969 bits per heavy atom. The van der Waals surface area contributed by atoms with E-state index in [0.29, 0.717) is 11.1 Å². The highest BCUT2D eigenvalue weighted by Crippen LogP contribution is 2.40. The van der Waals surface area contributed by atoms with Crippen LogP contribution in [0.2, 0.25) is 0 Å². The first-order valence-corrected chi connectivity index (χ1v) is 11.2. The maximum Gasteiger partial charge on any atom is 0.209 e. The molecule has 1 aliphatic heterocycles. The molecular formula is C28H29N4+. The van der Waals surface area contributed by atoms with E-state index >= 15 is 0 Å². The lowest BCUT2D eigenvalue weighted by atomic mass is 9.80. The zero-order valence-corrected chi connectivity index (χ0v) is 19.1. The Morgan fingerprint density at radius 3 is 2.28 bits per heavy atom. The summed E-state index contributed by atoms with van der Waals surface area (Å²) < 4.78 is 2.37. The van der Waals surface area contributed by atoms with Gasteiger partial charge < -0.3 is 0 Å². The van der Waals surface area contributed by atoms with Gasteiger partial charge in [0.15, 0.2) is 11.6 Å². The van der Waals surface area contributed by atoms with Crippen LogP contribution in [-0.4, -0.2) is 16.8 Å². The van der Waals surface area contributed by atoms with E-state index in [0.717, 1.165) is 24.2 Å². The molecule has 0 atom stereocenters. The van der Waals surface area contributed by atoms with E-state index in [-0.39, 0.29) is 5.41 Å². The van der Waals surface area contributed by atoms with Crippen molar-refractivity contribution in [3.63, 3.8) is 0 Å². The van der Waals surface area contributed by atoms with Crippen LogP contribution in [0, 0.1) is 34.0 Å². The molecule has 0 fully saturated rings. The summed E-state index contributed by atoms with van der Waals surface area (Å²) in [4.78, 5) is 0. The molecule has 0 aliphatic carbocycles. The van der Waals surface area contributed by atoms with E-state index in [1.54, 1.807) is 12.1 Å². The molecule has 2 aromatic carbocycles. The van der Waals surface area contributed by atoms with Crippen molar-refractivity contribution in [3.8, 4) is 18.2 Å². The Kier molecular flexibility index (Phi) is 7.25. The number of nitriles is 3. The molecule has 0 saturated carbocycles. The molecule has 2 aromatic rings. The van der Waals surface area contributed by atoms with E-state index in [1.165, 1.54) is 30.5 Å². The van der Waals surface area contributed by atoms with Crippen molar-refractivity contribution < 1.29 is 4.58 Å². The van der Waals surface area contributed by atoms with Gasteiger partial charge in [-0.25, -0.2) is 0 Å². The first-order valence-electron chi connectivity index (χ1n) is 11.2. The van der Waals surface area contributed by atoms with Crippen molar-refractivity contribution in [1.29, 1.82) is 15.8 Å². The minimum absolute atomic E-state index is 0.212. The van der Waals surface area contributed by atoms with Gasteiger partial charge in [-0.05, 0) is 31.4 Å². The Hall–Kier alpha value is -3.68. The lowest BCUT2D eigenvalue weighted by molar-refractivity contribution is -0.438. The SMILES string of the molecule is CCCCCC[N+]1=C(/C=C(\C#N)c2ccc(C(C#N)C#N)cc2)C(C)(C)c2ccccc21. The average molecular weight is 422 g/mol.